The van der Waals surface area contributed by atoms with E-state index in [0.29, 0.717) is 11.2 Å². The van der Waals surface area contributed by atoms with Crippen molar-refractivity contribution in [2.75, 3.05) is 0 Å². The number of hydrogen-bond acceptors (Lipinski definition) is 4. The molecule has 6 heteroatoms. The molecule has 3 aromatic rings. The lowest BCUT2D eigenvalue weighted by Crippen LogP contribution is -2.13. The van der Waals surface area contributed by atoms with E-state index in [1.807, 2.05) is 26.0 Å². The van der Waals surface area contributed by atoms with Crippen LogP contribution < -0.4 is 5.73 Å². The smallest absolute Gasteiger partial charge is 0.252 e. The van der Waals surface area contributed by atoms with Crippen LogP contribution in [0.2, 0.25) is 0 Å². The predicted molar refractivity (Wildman–Crippen MR) is 78.1 cm³/mol. The van der Waals surface area contributed by atoms with E-state index in [1.165, 1.54) is 6.33 Å². The first-order valence-corrected chi connectivity index (χ1v) is 6.42. The van der Waals surface area contributed by atoms with E-state index < -0.39 is 5.91 Å². The van der Waals surface area contributed by atoms with Crippen molar-refractivity contribution in [2.45, 2.75) is 13.8 Å². The number of pyridine rings is 1. The zero-order chi connectivity index (χ0) is 15.1. The first kappa shape index (κ1) is 13.1. The second kappa shape index (κ2) is 4.59. The molecule has 0 aliphatic carbocycles. The van der Waals surface area contributed by atoms with E-state index in [0.717, 1.165) is 22.4 Å². The average molecular weight is 282 g/mol. The number of nitrogens with two attached hydrogens (primary N) is 1. The first-order valence-electron chi connectivity index (χ1n) is 6.42. The molecule has 0 fully saturated rings. The van der Waals surface area contributed by atoms with Crippen molar-refractivity contribution in [1.29, 1.82) is 0 Å². The number of aromatic nitrogens is 3. The lowest BCUT2D eigenvalue weighted by Gasteiger charge is -2.10. The SMILES string of the molecule is Cc1cc(-c2ccc(C(N)=O)c3ncnn23)cc(C)c1O. The Morgan fingerprint density at radius 3 is 2.52 bits per heavy atom. The summed E-state index contributed by atoms with van der Waals surface area (Å²) in [4.78, 5) is 15.5. The number of aryl methyl sites for hydroxylation is 2. The highest BCUT2D eigenvalue weighted by Crippen LogP contribution is 2.29. The van der Waals surface area contributed by atoms with Gasteiger partial charge in [0.05, 0.1) is 11.3 Å². The number of hydrogen-bond donors (Lipinski definition) is 2. The number of rotatable bonds is 2. The fourth-order valence-corrected chi connectivity index (χ4v) is 2.42. The number of phenolic OH excluding ortho intramolecular Hbond substituents is 1. The van der Waals surface area contributed by atoms with Crippen LogP contribution in [0.1, 0.15) is 21.5 Å². The Morgan fingerprint density at radius 1 is 1.24 bits per heavy atom. The minimum atomic E-state index is -0.544. The lowest BCUT2D eigenvalue weighted by atomic mass is 10.0. The van der Waals surface area contributed by atoms with Crippen molar-refractivity contribution in [3.63, 3.8) is 0 Å². The Balaban J connectivity index is 2.29. The largest absolute Gasteiger partial charge is 0.507 e. The zero-order valence-corrected chi connectivity index (χ0v) is 11.7. The summed E-state index contributed by atoms with van der Waals surface area (Å²) in [5.41, 5.74) is 9.30. The van der Waals surface area contributed by atoms with Gasteiger partial charge >= 0.3 is 0 Å². The molecule has 0 aliphatic heterocycles. The Kier molecular flexibility index (Phi) is 2.86. The van der Waals surface area contributed by atoms with E-state index in [9.17, 15) is 9.90 Å². The van der Waals surface area contributed by atoms with Crippen molar-refractivity contribution < 1.29 is 9.90 Å². The standard InChI is InChI=1S/C15H14N4O2/c1-8-5-10(6-9(2)13(8)20)12-4-3-11(14(16)21)15-17-7-18-19(12)15/h3-7,20H,1-2H3,(H2,16,21). The van der Waals surface area contributed by atoms with Crippen molar-refractivity contribution in [1.82, 2.24) is 14.6 Å². The van der Waals surface area contributed by atoms with Gasteiger partial charge in [0.15, 0.2) is 5.65 Å². The normalized spacial score (nSPS) is 11.0. The third-order valence-corrected chi connectivity index (χ3v) is 3.48. The van der Waals surface area contributed by atoms with Crippen molar-refractivity contribution >= 4 is 11.6 Å². The van der Waals surface area contributed by atoms with Crippen molar-refractivity contribution in [3.05, 3.63) is 47.3 Å². The molecule has 0 spiro atoms. The van der Waals surface area contributed by atoms with Gasteiger partial charge in [-0.15, -0.1) is 0 Å². The van der Waals surface area contributed by atoms with E-state index >= 15 is 0 Å². The summed E-state index contributed by atoms with van der Waals surface area (Å²) in [5, 5.41) is 14.0. The third kappa shape index (κ3) is 2.01. The number of primary amides is 1. The van der Waals surface area contributed by atoms with Crippen LogP contribution in [0, 0.1) is 13.8 Å². The zero-order valence-electron chi connectivity index (χ0n) is 11.7. The molecule has 0 radical (unpaired) electrons. The fraction of sp³-hybridized carbons (Fsp3) is 0.133. The van der Waals surface area contributed by atoms with Gasteiger partial charge in [-0.3, -0.25) is 4.79 Å². The molecule has 2 heterocycles. The summed E-state index contributed by atoms with van der Waals surface area (Å²) in [6.07, 6.45) is 1.38. The van der Waals surface area contributed by atoms with Crippen LogP contribution in [0.15, 0.2) is 30.6 Å². The minimum Gasteiger partial charge on any atom is -0.507 e. The third-order valence-electron chi connectivity index (χ3n) is 3.48. The van der Waals surface area contributed by atoms with Gasteiger partial charge in [0.1, 0.15) is 12.1 Å². The molecule has 0 saturated carbocycles. The minimum absolute atomic E-state index is 0.280. The monoisotopic (exact) mass is 282 g/mol. The molecule has 21 heavy (non-hydrogen) atoms. The number of fused-ring (bicyclic) bond motifs is 1. The quantitative estimate of drug-likeness (QED) is 0.749. The molecule has 1 aromatic carbocycles. The summed E-state index contributed by atoms with van der Waals surface area (Å²) in [6, 6.07) is 7.14. The number of nitrogens with zero attached hydrogens (tertiary/aromatic N) is 3. The summed E-state index contributed by atoms with van der Waals surface area (Å²) in [5.74, 6) is -0.264. The maximum atomic E-state index is 11.4. The van der Waals surface area contributed by atoms with Gasteiger partial charge in [-0.1, -0.05) is 0 Å². The van der Waals surface area contributed by atoms with Crippen LogP contribution >= 0.6 is 0 Å². The van der Waals surface area contributed by atoms with Gasteiger partial charge in [0.2, 0.25) is 0 Å². The molecule has 2 aromatic heterocycles. The van der Waals surface area contributed by atoms with Gasteiger partial charge in [-0.25, -0.2) is 9.50 Å². The van der Waals surface area contributed by atoms with Crippen LogP contribution in [-0.2, 0) is 0 Å². The maximum Gasteiger partial charge on any atom is 0.252 e. The van der Waals surface area contributed by atoms with E-state index in [4.69, 9.17) is 5.73 Å². The van der Waals surface area contributed by atoms with E-state index in [1.54, 1.807) is 16.6 Å². The Labute approximate surface area is 120 Å². The molecule has 0 atom stereocenters. The molecule has 0 saturated heterocycles. The number of amides is 1. The summed E-state index contributed by atoms with van der Waals surface area (Å²) < 4.78 is 1.57. The summed E-state index contributed by atoms with van der Waals surface area (Å²) in [6.45, 7) is 3.67. The topological polar surface area (TPSA) is 93.5 Å². The first-order chi connectivity index (χ1) is 9.99. The van der Waals surface area contributed by atoms with Crippen molar-refractivity contribution in [2.24, 2.45) is 5.73 Å². The lowest BCUT2D eigenvalue weighted by molar-refractivity contribution is 0.100. The average Bonchev–Trinajstić information content (AvgIpc) is 2.92. The molecule has 0 aliphatic rings. The molecule has 106 valence electrons. The second-order valence-electron chi connectivity index (χ2n) is 4.95. The highest BCUT2D eigenvalue weighted by molar-refractivity contribution is 5.99. The van der Waals surface area contributed by atoms with Crippen molar-refractivity contribution in [3.8, 4) is 17.0 Å². The summed E-state index contributed by atoms with van der Waals surface area (Å²) in [7, 11) is 0. The predicted octanol–water partition coefficient (Wildman–Crippen LogP) is 1.82. The summed E-state index contributed by atoms with van der Waals surface area (Å²) >= 11 is 0. The number of benzene rings is 1. The molecule has 0 bridgehead atoms. The van der Waals surface area contributed by atoms with Gasteiger partial charge in [0, 0.05) is 5.56 Å². The van der Waals surface area contributed by atoms with E-state index in [2.05, 4.69) is 10.1 Å². The number of carbonyl (C=O) groups excluding carboxylic acids is 1. The maximum absolute atomic E-state index is 11.4. The Bertz CT molecular complexity index is 844. The van der Waals surface area contributed by atoms with Crippen LogP contribution in [0.5, 0.6) is 5.75 Å². The van der Waals surface area contributed by atoms with Crippen LogP contribution in [0.4, 0.5) is 0 Å². The molecule has 0 unspecified atom stereocenters. The molecule has 3 rings (SSSR count). The molecular weight excluding hydrogens is 268 g/mol. The van der Waals surface area contributed by atoms with Crippen LogP contribution in [-0.4, -0.2) is 25.6 Å². The second-order valence-corrected chi connectivity index (χ2v) is 4.95. The van der Waals surface area contributed by atoms with Gasteiger partial charge in [0.25, 0.3) is 5.91 Å². The molecule has 1 amide bonds. The van der Waals surface area contributed by atoms with Gasteiger partial charge in [-0.2, -0.15) is 5.10 Å². The number of phenols is 1. The van der Waals surface area contributed by atoms with Gasteiger partial charge < -0.3 is 10.8 Å². The number of carbonyl (C=O) groups is 1. The molecule has 6 nitrogen and oxygen atoms in total. The highest BCUT2D eigenvalue weighted by atomic mass is 16.3. The Hall–Kier alpha value is -2.89. The van der Waals surface area contributed by atoms with Crippen LogP contribution in [0.3, 0.4) is 0 Å². The fourth-order valence-electron chi connectivity index (χ4n) is 2.42. The van der Waals surface area contributed by atoms with Crippen LogP contribution in [0.25, 0.3) is 16.9 Å². The highest BCUT2D eigenvalue weighted by Gasteiger charge is 2.14. The van der Waals surface area contributed by atoms with E-state index in [-0.39, 0.29) is 5.75 Å². The van der Waals surface area contributed by atoms with Gasteiger partial charge in [-0.05, 0) is 49.2 Å². The Morgan fingerprint density at radius 2 is 1.90 bits per heavy atom. The molecular formula is C15H14N4O2. The molecule has 3 N–H and O–H groups in total. The number of aromatic hydroxyl groups is 1.